The number of carbonyl (C=O) groups is 1. The summed E-state index contributed by atoms with van der Waals surface area (Å²) in [6.07, 6.45) is 0. The molecule has 4 aromatic carbocycles. The molecule has 0 bridgehead atoms. The lowest BCUT2D eigenvalue weighted by Crippen LogP contribution is -2.31. The number of nitrogens with one attached hydrogen (secondary N) is 1. The lowest BCUT2D eigenvalue weighted by Gasteiger charge is -2.28. The summed E-state index contributed by atoms with van der Waals surface area (Å²) in [5, 5.41) is 2.86. The zero-order valence-corrected chi connectivity index (χ0v) is 18.6. The topological polar surface area (TPSA) is 90.7 Å². The van der Waals surface area contributed by atoms with Gasteiger partial charge in [0.2, 0.25) is 0 Å². The molecule has 0 radical (unpaired) electrons. The molecule has 0 saturated carbocycles. The van der Waals surface area contributed by atoms with Crippen molar-refractivity contribution < 1.29 is 18.4 Å². The maximum atomic E-state index is 14.4. The number of nitrogen functional groups attached to an aromatic ring is 1. The zero-order chi connectivity index (χ0) is 23.1. The van der Waals surface area contributed by atoms with E-state index in [1.807, 2.05) is 18.2 Å². The Morgan fingerprint density at radius 2 is 1.15 bits per heavy atom. The maximum Gasteiger partial charge on any atom is 0.457 e. The molecule has 6 nitrogen and oxygen atoms in total. The zero-order valence-electron chi connectivity index (χ0n) is 17.7. The third-order valence-corrected chi connectivity index (χ3v) is 6.81. The minimum absolute atomic E-state index is 0.353. The van der Waals surface area contributed by atoms with Crippen molar-refractivity contribution in [1.82, 2.24) is 5.32 Å². The van der Waals surface area contributed by atoms with E-state index in [1.54, 1.807) is 97.1 Å². The van der Waals surface area contributed by atoms with E-state index >= 15 is 0 Å². The number of hydrogen-bond donors (Lipinski definition) is 2. The first-order valence-corrected chi connectivity index (χ1v) is 11.9. The quantitative estimate of drug-likeness (QED) is 0.248. The van der Waals surface area contributed by atoms with Crippen molar-refractivity contribution in [1.29, 1.82) is 0 Å². The van der Waals surface area contributed by atoms with Crippen molar-refractivity contribution in [2.24, 2.45) is 0 Å². The molecular formula is C26H23N2O4P. The highest BCUT2D eigenvalue weighted by Gasteiger charge is 2.42. The number of hydrogen-bond acceptors (Lipinski definition) is 5. The number of nitrogens with two attached hydrogens (primary N) is 1. The second-order valence-corrected chi connectivity index (χ2v) is 9.22. The normalized spacial score (nSPS) is 11.9. The smallest absolute Gasteiger partial charge is 0.414 e. The van der Waals surface area contributed by atoms with Crippen molar-refractivity contribution in [2.75, 3.05) is 5.73 Å². The summed E-state index contributed by atoms with van der Waals surface area (Å²) < 4.78 is 26.4. The maximum absolute atomic E-state index is 14.4. The first-order chi connectivity index (χ1) is 16.0. The van der Waals surface area contributed by atoms with E-state index in [4.69, 9.17) is 14.8 Å². The van der Waals surface area contributed by atoms with Gasteiger partial charge in [-0.05, 0) is 54.1 Å². The molecule has 0 fully saturated rings. The van der Waals surface area contributed by atoms with Crippen LogP contribution in [0.2, 0.25) is 0 Å². The second-order valence-electron chi connectivity index (χ2n) is 7.26. The number of benzene rings is 4. The van der Waals surface area contributed by atoms with E-state index in [9.17, 15) is 9.36 Å². The van der Waals surface area contributed by atoms with Crippen LogP contribution in [0.1, 0.15) is 21.7 Å². The number of rotatable bonds is 8. The van der Waals surface area contributed by atoms with Gasteiger partial charge in [0.25, 0.3) is 5.91 Å². The highest BCUT2D eigenvalue weighted by Crippen LogP contribution is 2.59. The average Bonchev–Trinajstić information content (AvgIpc) is 2.85. The lowest BCUT2D eigenvalue weighted by atomic mass is 10.2. The Hall–Kier alpha value is -4.02. The summed E-state index contributed by atoms with van der Waals surface area (Å²) in [6, 6.07) is 32.9. The summed E-state index contributed by atoms with van der Waals surface area (Å²) in [6.45, 7) is 0. The van der Waals surface area contributed by atoms with Gasteiger partial charge in [0.15, 0.2) is 5.78 Å². The van der Waals surface area contributed by atoms with Gasteiger partial charge in [-0.2, -0.15) is 0 Å². The molecule has 1 atom stereocenters. The van der Waals surface area contributed by atoms with Crippen LogP contribution in [-0.2, 0) is 4.57 Å². The van der Waals surface area contributed by atoms with Crippen LogP contribution in [0.25, 0.3) is 0 Å². The molecule has 0 aliphatic carbocycles. The first-order valence-electron chi connectivity index (χ1n) is 10.3. The minimum atomic E-state index is -4.06. The van der Waals surface area contributed by atoms with Crippen LogP contribution >= 0.6 is 7.60 Å². The van der Waals surface area contributed by atoms with Crippen LogP contribution < -0.4 is 20.1 Å². The molecule has 0 heterocycles. The molecule has 0 aliphatic heterocycles. The molecule has 0 aliphatic rings. The molecule has 0 saturated heterocycles. The Bertz CT molecular complexity index is 1190. The van der Waals surface area contributed by atoms with Crippen molar-refractivity contribution in [3.05, 3.63) is 126 Å². The fraction of sp³-hybridized carbons (Fsp3) is 0.0385. The van der Waals surface area contributed by atoms with E-state index < -0.39 is 19.3 Å². The Kier molecular flexibility index (Phi) is 6.77. The standard InChI is InChI=1S/C26H23N2O4P/c27-22-18-16-21(17-19-22)26(28-25(29)20-10-4-1-5-11-20)33(30,31-23-12-6-2-7-13-23)32-24-14-8-3-9-15-24/h1-19,26H,27H2,(H,28,29). The number of para-hydroxylation sites is 2. The van der Waals surface area contributed by atoms with Crippen LogP contribution in [0, 0.1) is 0 Å². The van der Waals surface area contributed by atoms with Gasteiger partial charge < -0.3 is 20.1 Å². The fourth-order valence-electron chi connectivity index (χ4n) is 3.20. The Morgan fingerprint density at radius 1 is 0.697 bits per heavy atom. The van der Waals surface area contributed by atoms with Crippen molar-refractivity contribution in [2.45, 2.75) is 5.78 Å². The molecule has 0 spiro atoms. The highest BCUT2D eigenvalue weighted by atomic mass is 31.2. The van der Waals surface area contributed by atoms with Gasteiger partial charge in [-0.1, -0.05) is 66.7 Å². The van der Waals surface area contributed by atoms with E-state index in [0.29, 0.717) is 28.3 Å². The van der Waals surface area contributed by atoms with Crippen LogP contribution in [0.5, 0.6) is 11.5 Å². The second kappa shape index (κ2) is 10.1. The monoisotopic (exact) mass is 458 g/mol. The largest absolute Gasteiger partial charge is 0.457 e. The molecule has 4 rings (SSSR count). The van der Waals surface area contributed by atoms with Gasteiger partial charge in [-0.15, -0.1) is 0 Å². The van der Waals surface area contributed by atoms with Crippen LogP contribution in [0.3, 0.4) is 0 Å². The molecule has 3 N–H and O–H groups in total. The number of amides is 1. The predicted molar refractivity (Wildman–Crippen MR) is 129 cm³/mol. The molecule has 33 heavy (non-hydrogen) atoms. The summed E-state index contributed by atoms with van der Waals surface area (Å²) in [5.41, 5.74) is 7.34. The van der Waals surface area contributed by atoms with Gasteiger partial charge >= 0.3 is 7.60 Å². The van der Waals surface area contributed by atoms with Crippen LogP contribution in [-0.4, -0.2) is 5.91 Å². The van der Waals surface area contributed by atoms with Crippen molar-refractivity contribution in [3.63, 3.8) is 0 Å². The first kappa shape index (κ1) is 22.2. The van der Waals surface area contributed by atoms with Crippen LogP contribution in [0.15, 0.2) is 115 Å². The Balaban J connectivity index is 1.78. The summed E-state index contributed by atoms with van der Waals surface area (Å²) in [4.78, 5) is 13.1. The van der Waals surface area contributed by atoms with Gasteiger partial charge in [0.05, 0.1) is 0 Å². The van der Waals surface area contributed by atoms with E-state index in [0.717, 1.165) is 0 Å². The van der Waals surface area contributed by atoms with Gasteiger partial charge in [-0.25, -0.2) is 4.57 Å². The third-order valence-electron chi connectivity index (χ3n) is 4.82. The number of carbonyl (C=O) groups excluding carboxylic acids is 1. The Labute approximate surface area is 192 Å². The fourth-order valence-corrected chi connectivity index (χ4v) is 5.09. The summed E-state index contributed by atoms with van der Waals surface area (Å²) >= 11 is 0. The highest BCUT2D eigenvalue weighted by molar-refractivity contribution is 7.55. The molecule has 0 aromatic heterocycles. The summed E-state index contributed by atoms with van der Waals surface area (Å²) in [5.74, 6) is -0.811. The molecule has 1 amide bonds. The molecule has 166 valence electrons. The Morgan fingerprint density at radius 3 is 1.64 bits per heavy atom. The average molecular weight is 458 g/mol. The van der Waals surface area contributed by atoms with Gasteiger partial charge in [0.1, 0.15) is 11.5 Å². The van der Waals surface area contributed by atoms with Gasteiger partial charge in [0, 0.05) is 11.3 Å². The predicted octanol–water partition coefficient (Wildman–Crippen LogP) is 6.05. The van der Waals surface area contributed by atoms with Crippen molar-refractivity contribution in [3.8, 4) is 11.5 Å². The van der Waals surface area contributed by atoms with Gasteiger partial charge in [-0.3, -0.25) is 4.79 Å². The van der Waals surface area contributed by atoms with Crippen molar-refractivity contribution >= 4 is 19.2 Å². The van der Waals surface area contributed by atoms with Crippen LogP contribution in [0.4, 0.5) is 5.69 Å². The van der Waals surface area contributed by atoms with E-state index in [1.165, 1.54) is 0 Å². The molecular weight excluding hydrogens is 435 g/mol. The SMILES string of the molecule is Nc1ccc(C(NC(=O)c2ccccc2)P(=O)(Oc2ccccc2)Oc2ccccc2)cc1. The summed E-state index contributed by atoms with van der Waals surface area (Å²) in [7, 11) is -4.06. The number of anilines is 1. The van der Waals surface area contributed by atoms with E-state index in [-0.39, 0.29) is 0 Å². The molecule has 4 aromatic rings. The minimum Gasteiger partial charge on any atom is -0.414 e. The molecule has 1 unspecified atom stereocenters. The lowest BCUT2D eigenvalue weighted by molar-refractivity contribution is 0.0944. The van der Waals surface area contributed by atoms with E-state index in [2.05, 4.69) is 5.32 Å². The molecule has 7 heteroatoms. The third kappa shape index (κ3) is 5.62.